The largest absolute Gasteiger partial charge is 0.491 e. The maximum atomic E-state index is 14.9. The molecule has 0 bridgehead atoms. The normalized spacial score (nSPS) is 17.4. The van der Waals surface area contributed by atoms with Gasteiger partial charge in [0.25, 0.3) is 0 Å². The summed E-state index contributed by atoms with van der Waals surface area (Å²) in [5, 5.41) is 0. The Balaban J connectivity index is 1.43. The van der Waals surface area contributed by atoms with Crippen LogP contribution in [0.15, 0.2) is 55.1 Å². The number of aryl methyl sites for hydroxylation is 2. The summed E-state index contributed by atoms with van der Waals surface area (Å²) >= 11 is 0. The van der Waals surface area contributed by atoms with E-state index in [-0.39, 0.29) is 54.2 Å². The van der Waals surface area contributed by atoms with E-state index in [0.717, 1.165) is 31.7 Å². The van der Waals surface area contributed by atoms with Crippen LogP contribution >= 0.6 is 0 Å². The fourth-order valence-corrected chi connectivity index (χ4v) is 4.92. The minimum atomic E-state index is -1.31. The first-order valence-electron chi connectivity index (χ1n) is 12.9. The van der Waals surface area contributed by atoms with Crippen LogP contribution in [0, 0.1) is 29.1 Å². The van der Waals surface area contributed by atoms with Crippen molar-refractivity contribution < 1.29 is 31.4 Å². The number of benzene rings is 3. The fourth-order valence-electron chi connectivity index (χ4n) is 4.92. The Morgan fingerprint density at radius 3 is 2.29 bits per heavy atom. The van der Waals surface area contributed by atoms with E-state index in [4.69, 9.17) is 9.47 Å². The number of rotatable bonds is 10. The predicted octanol–water partition coefficient (Wildman–Crippen LogP) is 8.46. The number of allylic oxidation sites excluding steroid dienone is 1. The average Bonchev–Trinajstić information content (AvgIpc) is 2.92. The zero-order chi connectivity index (χ0) is 27.2. The van der Waals surface area contributed by atoms with Gasteiger partial charge in [-0.25, -0.2) is 17.6 Å². The van der Waals surface area contributed by atoms with Crippen LogP contribution in [0.25, 0.3) is 11.1 Å². The van der Waals surface area contributed by atoms with E-state index < -0.39 is 28.8 Å². The van der Waals surface area contributed by atoms with Crippen molar-refractivity contribution in [3.8, 4) is 16.9 Å². The smallest absolute Gasteiger partial charge is 0.201 e. The summed E-state index contributed by atoms with van der Waals surface area (Å²) < 4.78 is 84.3. The zero-order valence-electron chi connectivity index (χ0n) is 21.3. The molecule has 0 spiro atoms. The van der Waals surface area contributed by atoms with Crippen LogP contribution in [0.2, 0.25) is 0 Å². The standard InChI is InChI=1S/C31H31F5O2/c1-3-5-6-22-12-10-21(18-38-22)23-13-8-19(17-26(23)32)7-9-20-11-14-24(29(34)28(20)33)25-15-16-27(37-4-2)31(36)30(25)35/h3,8,11,13-17,21-22H,1,4-7,9-10,12,18H2,2H3. The fraction of sp³-hybridized carbons (Fsp3) is 0.355. The molecule has 38 heavy (non-hydrogen) atoms. The molecule has 2 atom stereocenters. The molecule has 1 fully saturated rings. The van der Waals surface area contributed by atoms with E-state index in [1.807, 2.05) is 6.08 Å². The van der Waals surface area contributed by atoms with E-state index in [0.29, 0.717) is 17.7 Å². The lowest BCUT2D eigenvalue weighted by atomic mass is 9.89. The summed E-state index contributed by atoms with van der Waals surface area (Å²) in [7, 11) is 0. The Kier molecular flexibility index (Phi) is 9.21. The van der Waals surface area contributed by atoms with Crippen molar-refractivity contribution in [3.05, 3.63) is 101 Å². The van der Waals surface area contributed by atoms with Gasteiger partial charge in [-0.3, -0.25) is 0 Å². The maximum Gasteiger partial charge on any atom is 0.201 e. The van der Waals surface area contributed by atoms with Crippen LogP contribution in [0.4, 0.5) is 22.0 Å². The SMILES string of the molecule is C=CCCC1CCC(c2ccc(CCc3ccc(-c4ccc(OCC)c(F)c4F)c(F)c3F)cc2F)CO1. The van der Waals surface area contributed by atoms with Crippen molar-refractivity contribution in [2.45, 2.75) is 57.5 Å². The first kappa shape index (κ1) is 27.8. The molecule has 202 valence electrons. The van der Waals surface area contributed by atoms with Crippen LogP contribution in [0.1, 0.15) is 55.2 Å². The highest BCUT2D eigenvalue weighted by atomic mass is 19.2. The molecule has 3 aromatic carbocycles. The summed E-state index contributed by atoms with van der Waals surface area (Å²) in [5.41, 5.74) is 0.527. The summed E-state index contributed by atoms with van der Waals surface area (Å²) in [6.45, 7) is 5.94. The van der Waals surface area contributed by atoms with Gasteiger partial charge in [0.1, 0.15) is 5.82 Å². The van der Waals surface area contributed by atoms with Gasteiger partial charge in [-0.05, 0) is 80.3 Å². The molecular formula is C31H31F5O2. The molecule has 1 aliphatic heterocycles. The third kappa shape index (κ3) is 6.09. The third-order valence-corrected chi connectivity index (χ3v) is 7.05. The Morgan fingerprint density at radius 2 is 1.63 bits per heavy atom. The topological polar surface area (TPSA) is 18.5 Å². The molecule has 1 saturated heterocycles. The molecule has 0 amide bonds. The van der Waals surface area contributed by atoms with Crippen molar-refractivity contribution in [1.29, 1.82) is 0 Å². The van der Waals surface area contributed by atoms with Crippen molar-refractivity contribution in [1.82, 2.24) is 0 Å². The Morgan fingerprint density at radius 1 is 0.895 bits per heavy atom. The number of hydrogen-bond acceptors (Lipinski definition) is 2. The lowest BCUT2D eigenvalue weighted by Crippen LogP contribution is -2.25. The van der Waals surface area contributed by atoms with E-state index in [9.17, 15) is 22.0 Å². The highest BCUT2D eigenvalue weighted by Crippen LogP contribution is 2.34. The lowest BCUT2D eigenvalue weighted by molar-refractivity contribution is -0.000792. The quantitative estimate of drug-likeness (QED) is 0.193. The second-order valence-corrected chi connectivity index (χ2v) is 9.52. The molecule has 1 aliphatic rings. The Hall–Kier alpha value is -3.19. The maximum absolute atomic E-state index is 14.9. The molecule has 0 radical (unpaired) electrons. The van der Waals surface area contributed by atoms with E-state index >= 15 is 0 Å². The van der Waals surface area contributed by atoms with Crippen molar-refractivity contribution in [3.63, 3.8) is 0 Å². The summed E-state index contributed by atoms with van der Waals surface area (Å²) in [5.74, 6) is -5.63. The molecule has 4 rings (SSSR count). The van der Waals surface area contributed by atoms with Gasteiger partial charge < -0.3 is 9.47 Å². The lowest BCUT2D eigenvalue weighted by Gasteiger charge is -2.29. The molecule has 1 heterocycles. The van der Waals surface area contributed by atoms with Gasteiger partial charge >= 0.3 is 0 Å². The van der Waals surface area contributed by atoms with E-state index in [1.54, 1.807) is 19.1 Å². The molecule has 0 aliphatic carbocycles. The molecule has 3 aromatic rings. The number of hydrogen-bond donors (Lipinski definition) is 0. The van der Waals surface area contributed by atoms with Gasteiger partial charge in [0.05, 0.1) is 19.3 Å². The Bertz CT molecular complexity index is 1280. The zero-order valence-corrected chi connectivity index (χ0v) is 21.3. The van der Waals surface area contributed by atoms with Crippen LogP contribution in [-0.4, -0.2) is 19.3 Å². The molecule has 7 heteroatoms. The highest BCUT2D eigenvalue weighted by Gasteiger charge is 2.25. The van der Waals surface area contributed by atoms with Crippen LogP contribution < -0.4 is 4.74 Å². The van der Waals surface area contributed by atoms with E-state index in [2.05, 4.69) is 6.58 Å². The van der Waals surface area contributed by atoms with Crippen LogP contribution in [0.5, 0.6) is 5.75 Å². The second kappa shape index (κ2) is 12.6. The van der Waals surface area contributed by atoms with Crippen molar-refractivity contribution >= 4 is 0 Å². The molecule has 0 saturated carbocycles. The molecular weight excluding hydrogens is 499 g/mol. The van der Waals surface area contributed by atoms with Gasteiger partial charge in [0.2, 0.25) is 5.82 Å². The molecule has 2 unspecified atom stereocenters. The first-order valence-corrected chi connectivity index (χ1v) is 12.9. The van der Waals surface area contributed by atoms with Crippen LogP contribution in [-0.2, 0) is 17.6 Å². The predicted molar refractivity (Wildman–Crippen MR) is 138 cm³/mol. The third-order valence-electron chi connectivity index (χ3n) is 7.05. The van der Waals surface area contributed by atoms with E-state index in [1.165, 1.54) is 24.3 Å². The average molecular weight is 531 g/mol. The van der Waals surface area contributed by atoms with Crippen molar-refractivity contribution in [2.24, 2.45) is 0 Å². The number of ether oxygens (including phenoxy) is 2. The minimum absolute atomic E-state index is 0.0176. The second-order valence-electron chi connectivity index (χ2n) is 9.52. The monoisotopic (exact) mass is 530 g/mol. The highest BCUT2D eigenvalue weighted by molar-refractivity contribution is 5.66. The van der Waals surface area contributed by atoms with Gasteiger partial charge in [-0.2, -0.15) is 4.39 Å². The molecule has 0 aromatic heterocycles. The Labute approximate surface area is 220 Å². The summed E-state index contributed by atoms with van der Waals surface area (Å²) in [6, 6.07) is 9.87. The van der Waals surface area contributed by atoms with Gasteiger partial charge in [-0.15, -0.1) is 6.58 Å². The first-order chi connectivity index (χ1) is 18.3. The van der Waals surface area contributed by atoms with Crippen LogP contribution in [0.3, 0.4) is 0 Å². The summed E-state index contributed by atoms with van der Waals surface area (Å²) in [4.78, 5) is 0. The minimum Gasteiger partial charge on any atom is -0.491 e. The van der Waals surface area contributed by atoms with Gasteiger partial charge in [-0.1, -0.05) is 30.3 Å². The summed E-state index contributed by atoms with van der Waals surface area (Å²) in [6.07, 6.45) is 5.96. The number of halogens is 5. The van der Waals surface area contributed by atoms with Gasteiger partial charge in [0.15, 0.2) is 23.2 Å². The van der Waals surface area contributed by atoms with Gasteiger partial charge in [0, 0.05) is 17.0 Å². The molecule has 0 N–H and O–H groups in total. The van der Waals surface area contributed by atoms with Crippen molar-refractivity contribution in [2.75, 3.05) is 13.2 Å². The molecule has 2 nitrogen and oxygen atoms in total.